The lowest BCUT2D eigenvalue weighted by Gasteiger charge is -2.62. The van der Waals surface area contributed by atoms with Crippen molar-refractivity contribution in [2.75, 3.05) is 0 Å². The normalized spacial score (nSPS) is 59.9. The molecule has 5 rings (SSSR count). The van der Waals surface area contributed by atoms with Crippen molar-refractivity contribution in [1.29, 1.82) is 0 Å². The van der Waals surface area contributed by atoms with Crippen LogP contribution in [0.25, 0.3) is 0 Å². The zero-order valence-electron chi connectivity index (χ0n) is 15.4. The molecule has 0 bridgehead atoms. The maximum Gasteiger partial charge on any atom is 0.0573 e. The third kappa shape index (κ3) is 2.02. The molecule has 2 heteroatoms. The van der Waals surface area contributed by atoms with E-state index in [0.717, 1.165) is 42.9 Å². The molecule has 0 amide bonds. The van der Waals surface area contributed by atoms with Gasteiger partial charge in [-0.05, 0) is 111 Å². The van der Waals surface area contributed by atoms with Gasteiger partial charge in [-0.15, -0.1) is 0 Å². The Morgan fingerprint density at radius 1 is 0.750 bits per heavy atom. The molecular formula is C22H36O2. The fraction of sp³-hybridized carbons (Fsp3) is 1.00. The summed E-state index contributed by atoms with van der Waals surface area (Å²) in [6.45, 7) is 2.58. The highest BCUT2D eigenvalue weighted by Gasteiger charge is 2.62. The Labute approximate surface area is 147 Å². The lowest BCUT2D eigenvalue weighted by atomic mass is 9.43. The lowest BCUT2D eigenvalue weighted by Crippen LogP contribution is -2.55. The Hall–Kier alpha value is -0.0800. The van der Waals surface area contributed by atoms with Gasteiger partial charge in [-0.1, -0.05) is 13.3 Å². The predicted octanol–water partition coefficient (Wildman–Crippen LogP) is 4.53. The lowest BCUT2D eigenvalue weighted by molar-refractivity contribution is -0.147. The van der Waals surface area contributed by atoms with Gasteiger partial charge >= 0.3 is 0 Å². The first kappa shape index (κ1) is 16.1. The van der Waals surface area contributed by atoms with E-state index < -0.39 is 0 Å². The van der Waals surface area contributed by atoms with Gasteiger partial charge in [0.25, 0.3) is 0 Å². The predicted molar refractivity (Wildman–Crippen MR) is 95.4 cm³/mol. The van der Waals surface area contributed by atoms with Gasteiger partial charge in [-0.25, -0.2) is 0 Å². The number of aliphatic hydroxyl groups excluding tert-OH is 2. The van der Waals surface area contributed by atoms with Crippen LogP contribution in [0.5, 0.6) is 0 Å². The van der Waals surface area contributed by atoms with Crippen LogP contribution in [-0.4, -0.2) is 22.4 Å². The van der Waals surface area contributed by atoms with E-state index in [1.54, 1.807) is 0 Å². The molecule has 136 valence electrons. The highest BCUT2D eigenvalue weighted by molar-refractivity contribution is 5.12. The molecule has 5 aliphatic carbocycles. The molecule has 9 atom stereocenters. The number of aliphatic hydroxyl groups is 2. The zero-order valence-corrected chi connectivity index (χ0v) is 15.4. The number of fused-ring (bicyclic) bond motifs is 4. The summed E-state index contributed by atoms with van der Waals surface area (Å²) in [6, 6.07) is 0. The highest BCUT2D eigenvalue weighted by Crippen LogP contribution is 2.70. The van der Waals surface area contributed by atoms with E-state index >= 15 is 0 Å². The molecule has 0 aromatic heterocycles. The monoisotopic (exact) mass is 332 g/mol. The molecule has 24 heavy (non-hydrogen) atoms. The molecule has 0 saturated heterocycles. The summed E-state index contributed by atoms with van der Waals surface area (Å²) >= 11 is 0. The minimum atomic E-state index is -0.0288. The first-order valence-electron chi connectivity index (χ1n) is 10.9. The van der Waals surface area contributed by atoms with Crippen molar-refractivity contribution in [2.24, 2.45) is 40.4 Å². The first-order chi connectivity index (χ1) is 11.5. The van der Waals surface area contributed by atoms with Gasteiger partial charge in [0.15, 0.2) is 0 Å². The van der Waals surface area contributed by atoms with E-state index in [4.69, 9.17) is 0 Å². The Kier molecular flexibility index (Phi) is 3.67. The molecule has 1 spiro atoms. The van der Waals surface area contributed by atoms with Crippen molar-refractivity contribution < 1.29 is 10.2 Å². The molecular weight excluding hydrogens is 296 g/mol. The summed E-state index contributed by atoms with van der Waals surface area (Å²) in [6.07, 6.45) is 15.3. The number of rotatable bonds is 0. The molecule has 0 radical (unpaired) electrons. The van der Waals surface area contributed by atoms with Crippen molar-refractivity contribution in [1.82, 2.24) is 0 Å². The third-order valence-corrected chi connectivity index (χ3v) is 10.0. The molecule has 0 aromatic rings. The average Bonchev–Trinajstić information content (AvgIpc) is 2.96. The van der Waals surface area contributed by atoms with E-state index in [1.165, 1.54) is 57.8 Å². The molecule has 0 heterocycles. The van der Waals surface area contributed by atoms with Crippen LogP contribution in [0.4, 0.5) is 0 Å². The van der Waals surface area contributed by atoms with Crippen molar-refractivity contribution in [3.63, 3.8) is 0 Å². The molecule has 5 fully saturated rings. The summed E-state index contributed by atoms with van der Waals surface area (Å²) in [7, 11) is 0. The van der Waals surface area contributed by atoms with Crippen LogP contribution in [0.3, 0.4) is 0 Å². The molecule has 1 unspecified atom stereocenters. The second-order valence-electron chi connectivity index (χ2n) is 10.5. The van der Waals surface area contributed by atoms with Crippen LogP contribution in [-0.2, 0) is 0 Å². The van der Waals surface area contributed by atoms with Gasteiger partial charge in [0.1, 0.15) is 0 Å². The van der Waals surface area contributed by atoms with Gasteiger partial charge in [0, 0.05) is 0 Å². The second kappa shape index (κ2) is 5.46. The van der Waals surface area contributed by atoms with Crippen molar-refractivity contribution in [2.45, 2.75) is 96.2 Å². The van der Waals surface area contributed by atoms with Crippen LogP contribution < -0.4 is 0 Å². The number of hydrogen-bond donors (Lipinski definition) is 2. The Balaban J connectivity index is 1.45. The van der Waals surface area contributed by atoms with Crippen molar-refractivity contribution >= 4 is 0 Å². The van der Waals surface area contributed by atoms with E-state index in [9.17, 15) is 10.2 Å². The quantitative estimate of drug-likeness (QED) is 0.684. The maximum atomic E-state index is 10.6. The van der Waals surface area contributed by atoms with Crippen LogP contribution in [0.15, 0.2) is 0 Å². The smallest absolute Gasteiger partial charge is 0.0573 e. The summed E-state index contributed by atoms with van der Waals surface area (Å²) in [4.78, 5) is 0. The minimum Gasteiger partial charge on any atom is -0.393 e. The Morgan fingerprint density at radius 2 is 1.58 bits per heavy atom. The summed E-state index contributed by atoms with van der Waals surface area (Å²) < 4.78 is 0. The standard InChI is InChI=1S/C22H36O2/c1-21-11-8-15(23)13-14(21)4-5-16-17(21)9-12-22-10-2-3-20(24)19(22)7-6-18(16)22/h14-20,23-24H,2-13H2,1H3/t14-,15+,16+,17-,18-,19+,20-,21-,22?/m0/s1. The minimum absolute atomic E-state index is 0.00273. The van der Waals surface area contributed by atoms with Crippen LogP contribution >= 0.6 is 0 Å². The zero-order chi connectivity index (χ0) is 16.5. The Morgan fingerprint density at radius 3 is 2.46 bits per heavy atom. The fourth-order valence-electron chi connectivity index (χ4n) is 9.00. The average molecular weight is 333 g/mol. The van der Waals surface area contributed by atoms with Crippen LogP contribution in [0, 0.1) is 40.4 Å². The summed E-state index contributed by atoms with van der Waals surface area (Å²) in [5.74, 6) is 4.12. The van der Waals surface area contributed by atoms with Crippen LogP contribution in [0.1, 0.15) is 84.0 Å². The maximum absolute atomic E-state index is 10.6. The SMILES string of the molecule is C[C@]12CC[C@@H](O)C[C@@H]1CC[C@H]1[C@@H]3CC[C@@H]4[C@@H](O)CCCC43CC[C@@H]12. The molecule has 2 N–H and O–H groups in total. The molecule has 5 aliphatic rings. The summed E-state index contributed by atoms with van der Waals surface area (Å²) in [5.41, 5.74) is 1.01. The number of hydrogen-bond acceptors (Lipinski definition) is 2. The molecule has 5 saturated carbocycles. The summed E-state index contributed by atoms with van der Waals surface area (Å²) in [5, 5.41) is 20.8. The first-order valence-corrected chi connectivity index (χ1v) is 10.9. The van der Waals surface area contributed by atoms with E-state index in [1.807, 2.05) is 0 Å². The molecule has 0 aromatic carbocycles. The fourth-order valence-corrected chi connectivity index (χ4v) is 9.00. The Bertz CT molecular complexity index is 504. The third-order valence-electron chi connectivity index (χ3n) is 10.0. The van der Waals surface area contributed by atoms with Gasteiger partial charge in [0.2, 0.25) is 0 Å². The van der Waals surface area contributed by atoms with Gasteiger partial charge in [0.05, 0.1) is 12.2 Å². The topological polar surface area (TPSA) is 40.5 Å². The van der Waals surface area contributed by atoms with E-state index in [-0.39, 0.29) is 12.2 Å². The largest absolute Gasteiger partial charge is 0.393 e. The van der Waals surface area contributed by atoms with E-state index in [0.29, 0.717) is 16.7 Å². The molecule has 2 nitrogen and oxygen atoms in total. The van der Waals surface area contributed by atoms with Gasteiger partial charge in [-0.2, -0.15) is 0 Å². The van der Waals surface area contributed by atoms with E-state index in [2.05, 4.69) is 6.92 Å². The van der Waals surface area contributed by atoms with Crippen molar-refractivity contribution in [3.8, 4) is 0 Å². The van der Waals surface area contributed by atoms with Gasteiger partial charge < -0.3 is 10.2 Å². The molecule has 0 aliphatic heterocycles. The second-order valence-corrected chi connectivity index (χ2v) is 10.5. The van der Waals surface area contributed by atoms with Crippen molar-refractivity contribution in [3.05, 3.63) is 0 Å². The highest BCUT2D eigenvalue weighted by atomic mass is 16.3. The van der Waals surface area contributed by atoms with Gasteiger partial charge in [-0.3, -0.25) is 0 Å². The van der Waals surface area contributed by atoms with Crippen LogP contribution in [0.2, 0.25) is 0 Å².